The summed E-state index contributed by atoms with van der Waals surface area (Å²) in [6.07, 6.45) is 0. The third-order valence-electron chi connectivity index (χ3n) is 3.68. The Morgan fingerprint density at radius 2 is 1.80 bits per heavy atom. The van der Waals surface area contributed by atoms with Crippen LogP contribution in [0.15, 0.2) is 54.6 Å². The minimum Gasteiger partial charge on any atom is -0.637 e. The van der Waals surface area contributed by atoms with Crippen molar-refractivity contribution in [1.29, 1.82) is 0 Å². The van der Waals surface area contributed by atoms with Gasteiger partial charge in [-0.3, -0.25) is 0 Å². The van der Waals surface area contributed by atoms with Gasteiger partial charge in [-0.2, -0.15) is 0 Å². The van der Waals surface area contributed by atoms with Gasteiger partial charge >= 0.3 is 0 Å². The average molecular weight is 287 g/mol. The summed E-state index contributed by atoms with van der Waals surface area (Å²) in [5.74, 6) is 0. The fraction of sp³-hybridized carbons (Fsp3) is 0.250. The van der Waals surface area contributed by atoms with E-state index in [1.165, 1.54) is 11.1 Å². The molecule has 1 unspecified atom stereocenters. The van der Waals surface area contributed by atoms with Gasteiger partial charge in [0.05, 0.1) is 13.1 Å². The molecule has 2 aromatic carbocycles. The highest BCUT2D eigenvalue weighted by Crippen LogP contribution is 2.57. The van der Waals surface area contributed by atoms with Crippen molar-refractivity contribution in [3.05, 3.63) is 65.7 Å². The van der Waals surface area contributed by atoms with Crippen molar-refractivity contribution in [2.24, 2.45) is 0 Å². The standard InChI is InChI=1S/C16H18NO2P/c1-14-7-5-6-8-15(14)13-17-11-12-19-20(17,18)16-9-3-2-4-10-16/h2-10H,11-13H2,1H3. The molecule has 3 rings (SSSR count). The number of rotatable bonds is 3. The van der Waals surface area contributed by atoms with Crippen LogP contribution in [0.5, 0.6) is 0 Å². The van der Waals surface area contributed by atoms with Gasteiger partial charge in [0, 0.05) is 0 Å². The average Bonchev–Trinajstić information content (AvgIpc) is 2.85. The predicted molar refractivity (Wildman–Crippen MR) is 80.5 cm³/mol. The van der Waals surface area contributed by atoms with Crippen LogP contribution in [0.3, 0.4) is 0 Å². The Hall–Kier alpha value is -1.25. The molecule has 0 saturated carbocycles. The molecule has 2 aromatic rings. The van der Waals surface area contributed by atoms with Gasteiger partial charge in [-0.05, 0) is 30.2 Å². The summed E-state index contributed by atoms with van der Waals surface area (Å²) >= 11 is 0. The van der Waals surface area contributed by atoms with E-state index in [9.17, 15) is 4.89 Å². The number of benzene rings is 2. The van der Waals surface area contributed by atoms with E-state index in [2.05, 4.69) is 19.1 Å². The van der Waals surface area contributed by atoms with E-state index in [4.69, 9.17) is 4.52 Å². The number of aryl methyl sites for hydroxylation is 1. The third-order valence-corrected chi connectivity index (χ3v) is 6.25. The highest BCUT2D eigenvalue weighted by atomic mass is 31.2. The molecule has 4 heteroatoms. The normalized spacial score (nSPS) is 23.1. The predicted octanol–water partition coefficient (Wildman–Crippen LogP) is 2.28. The van der Waals surface area contributed by atoms with Crippen molar-refractivity contribution >= 4 is 13.2 Å². The molecule has 0 spiro atoms. The van der Waals surface area contributed by atoms with Crippen LogP contribution in [0.25, 0.3) is 0 Å². The van der Waals surface area contributed by atoms with E-state index >= 15 is 0 Å². The maximum Gasteiger partial charge on any atom is 0.208 e. The second-order valence-corrected chi connectivity index (χ2v) is 7.38. The summed E-state index contributed by atoms with van der Waals surface area (Å²) in [6.45, 7) is 3.98. The molecule has 20 heavy (non-hydrogen) atoms. The lowest BCUT2D eigenvalue weighted by molar-refractivity contribution is -0.194. The van der Waals surface area contributed by atoms with Gasteiger partial charge in [-0.15, -0.1) is 4.67 Å². The Morgan fingerprint density at radius 1 is 1.10 bits per heavy atom. The molecule has 0 aliphatic carbocycles. The fourth-order valence-electron chi connectivity index (χ4n) is 2.49. The van der Waals surface area contributed by atoms with E-state index in [1.807, 2.05) is 47.1 Å². The summed E-state index contributed by atoms with van der Waals surface area (Å²) in [5.41, 5.74) is 2.42. The van der Waals surface area contributed by atoms with E-state index in [0.717, 1.165) is 5.30 Å². The van der Waals surface area contributed by atoms with Gasteiger partial charge < -0.3 is 4.89 Å². The first-order valence-electron chi connectivity index (χ1n) is 6.80. The summed E-state index contributed by atoms with van der Waals surface area (Å²) in [6, 6.07) is 17.7. The molecule has 104 valence electrons. The van der Waals surface area contributed by atoms with Crippen LogP contribution in [0, 0.1) is 6.92 Å². The highest BCUT2D eigenvalue weighted by Gasteiger charge is 2.44. The number of hydrogen-bond acceptors (Lipinski definition) is 3. The fourth-order valence-corrected chi connectivity index (χ4v) is 4.69. The quantitative estimate of drug-likeness (QED) is 0.812. The molecule has 1 heterocycles. The van der Waals surface area contributed by atoms with Crippen molar-refractivity contribution in [2.45, 2.75) is 13.5 Å². The molecule has 0 amide bonds. The summed E-state index contributed by atoms with van der Waals surface area (Å²) in [5, 5.41) is 0.783. The van der Waals surface area contributed by atoms with Crippen LogP contribution >= 0.6 is 7.87 Å². The Labute approximate surface area is 120 Å². The monoisotopic (exact) mass is 287 g/mol. The molecule has 3 nitrogen and oxygen atoms in total. The highest BCUT2D eigenvalue weighted by molar-refractivity contribution is 7.69. The number of hydrogen-bond donors (Lipinski definition) is 0. The van der Waals surface area contributed by atoms with Crippen molar-refractivity contribution in [2.75, 3.05) is 13.2 Å². The second kappa shape index (κ2) is 5.63. The Bertz CT molecular complexity index is 590. The molecule has 1 saturated heterocycles. The Balaban J connectivity index is 1.88. The van der Waals surface area contributed by atoms with Crippen LogP contribution in [-0.4, -0.2) is 17.8 Å². The molecular weight excluding hydrogens is 269 g/mol. The van der Waals surface area contributed by atoms with Gasteiger partial charge in [0.2, 0.25) is 7.87 Å². The second-order valence-electron chi connectivity index (χ2n) is 5.00. The molecule has 1 atom stereocenters. The van der Waals surface area contributed by atoms with E-state index < -0.39 is 7.87 Å². The largest absolute Gasteiger partial charge is 0.637 e. The lowest BCUT2D eigenvalue weighted by atomic mass is 10.1. The number of nitrogens with zero attached hydrogens (tertiary/aromatic N) is 1. The maximum absolute atomic E-state index is 13.2. The minimum atomic E-state index is -2.88. The van der Waals surface area contributed by atoms with Crippen molar-refractivity contribution in [1.82, 2.24) is 4.67 Å². The zero-order valence-corrected chi connectivity index (χ0v) is 12.4. The molecule has 0 bridgehead atoms. The van der Waals surface area contributed by atoms with Crippen molar-refractivity contribution in [3.8, 4) is 0 Å². The zero-order valence-electron chi connectivity index (χ0n) is 11.5. The SMILES string of the molecule is Cc1ccccc1CN1CCO[P+]1([O-])c1ccccc1. The summed E-state index contributed by atoms with van der Waals surface area (Å²) in [7, 11) is -2.88. The third kappa shape index (κ3) is 2.50. The van der Waals surface area contributed by atoms with Crippen LogP contribution in [0.1, 0.15) is 11.1 Å². The Kier molecular flexibility index (Phi) is 3.86. The lowest BCUT2D eigenvalue weighted by Crippen LogP contribution is -2.34. The summed E-state index contributed by atoms with van der Waals surface area (Å²) < 4.78 is 7.61. The van der Waals surface area contributed by atoms with E-state index in [0.29, 0.717) is 19.7 Å². The van der Waals surface area contributed by atoms with Crippen LogP contribution in [-0.2, 0) is 11.1 Å². The Morgan fingerprint density at radius 3 is 2.55 bits per heavy atom. The van der Waals surface area contributed by atoms with Gasteiger partial charge in [0.1, 0.15) is 11.9 Å². The van der Waals surface area contributed by atoms with Crippen LogP contribution < -0.4 is 10.2 Å². The first-order chi connectivity index (χ1) is 9.70. The zero-order chi connectivity index (χ0) is 14.0. The molecular formula is C16H18NO2P. The first-order valence-corrected chi connectivity index (χ1v) is 8.38. The smallest absolute Gasteiger partial charge is 0.208 e. The molecule has 1 aliphatic heterocycles. The van der Waals surface area contributed by atoms with Crippen LogP contribution in [0.4, 0.5) is 0 Å². The van der Waals surface area contributed by atoms with E-state index in [-0.39, 0.29) is 0 Å². The van der Waals surface area contributed by atoms with Crippen molar-refractivity contribution < 1.29 is 9.42 Å². The van der Waals surface area contributed by atoms with E-state index in [1.54, 1.807) is 0 Å². The summed E-state index contributed by atoms with van der Waals surface area (Å²) in [4.78, 5) is 13.2. The van der Waals surface area contributed by atoms with Gasteiger partial charge in [0.15, 0.2) is 0 Å². The van der Waals surface area contributed by atoms with Gasteiger partial charge in [-0.25, -0.2) is 4.52 Å². The topological polar surface area (TPSA) is 35.5 Å². The van der Waals surface area contributed by atoms with Crippen molar-refractivity contribution in [3.63, 3.8) is 0 Å². The molecule has 1 aliphatic rings. The lowest BCUT2D eigenvalue weighted by Gasteiger charge is -2.31. The van der Waals surface area contributed by atoms with Gasteiger partial charge in [0.25, 0.3) is 0 Å². The van der Waals surface area contributed by atoms with Crippen LogP contribution in [0.2, 0.25) is 0 Å². The molecule has 0 N–H and O–H groups in total. The maximum atomic E-state index is 13.2. The molecule has 0 radical (unpaired) electrons. The first kappa shape index (κ1) is 13.7. The molecule has 0 aromatic heterocycles. The minimum absolute atomic E-state index is 0.526. The molecule has 1 fully saturated rings. The van der Waals surface area contributed by atoms with Gasteiger partial charge in [-0.1, -0.05) is 42.5 Å².